The number of rotatable bonds is 3. The molecule has 2 aromatic rings. The van der Waals surface area contributed by atoms with Crippen molar-refractivity contribution in [2.75, 3.05) is 0 Å². The van der Waals surface area contributed by atoms with Crippen molar-refractivity contribution in [2.24, 2.45) is 0 Å². The lowest BCUT2D eigenvalue weighted by Gasteiger charge is -1.99. The monoisotopic (exact) mass is 281 g/mol. The highest BCUT2D eigenvalue weighted by molar-refractivity contribution is 9.09. The Morgan fingerprint density at radius 2 is 2.25 bits per heavy atom. The molecule has 0 aliphatic carbocycles. The van der Waals surface area contributed by atoms with Gasteiger partial charge in [-0.3, -0.25) is 4.98 Å². The van der Waals surface area contributed by atoms with E-state index in [2.05, 4.69) is 38.0 Å². The number of hydrogen-bond donors (Lipinski definition) is 0. The van der Waals surface area contributed by atoms with Crippen molar-refractivity contribution in [3.8, 4) is 11.6 Å². The first kappa shape index (κ1) is 11.3. The first-order valence-corrected chi connectivity index (χ1v) is 6.03. The van der Waals surface area contributed by atoms with Gasteiger partial charge in [0.1, 0.15) is 5.69 Å². The van der Waals surface area contributed by atoms with Crippen LogP contribution in [0, 0.1) is 6.92 Å². The molecule has 0 aliphatic heterocycles. The van der Waals surface area contributed by atoms with Crippen molar-refractivity contribution in [3.05, 3.63) is 29.8 Å². The minimum atomic E-state index is 0.109. The smallest absolute Gasteiger partial charge is 0.266 e. The molecule has 2 rings (SSSR count). The first-order chi connectivity index (χ1) is 7.72. The fourth-order valence-corrected chi connectivity index (χ4v) is 1.53. The van der Waals surface area contributed by atoms with E-state index in [1.54, 1.807) is 6.20 Å². The second-order valence-corrected chi connectivity index (χ2v) is 4.60. The van der Waals surface area contributed by atoms with Crippen LogP contribution in [0.2, 0.25) is 0 Å². The molecule has 0 amide bonds. The predicted octanol–water partition coefficient (Wildman–Crippen LogP) is 3.29. The second-order valence-electron chi connectivity index (χ2n) is 3.49. The molecule has 0 saturated carbocycles. The normalized spacial score (nSPS) is 12.7. The summed E-state index contributed by atoms with van der Waals surface area (Å²) in [5.74, 6) is 1.08. The van der Waals surface area contributed by atoms with Gasteiger partial charge < -0.3 is 4.42 Å². The molecule has 1 atom stereocenters. The van der Waals surface area contributed by atoms with Gasteiger partial charge in [-0.1, -0.05) is 28.9 Å². The van der Waals surface area contributed by atoms with Crippen LogP contribution < -0.4 is 0 Å². The molecule has 2 heterocycles. The van der Waals surface area contributed by atoms with Crippen molar-refractivity contribution in [2.45, 2.75) is 25.1 Å². The maximum Gasteiger partial charge on any atom is 0.266 e. The summed E-state index contributed by atoms with van der Waals surface area (Å²) in [5, 5.41) is 8.01. The Balaban J connectivity index is 2.35. The average Bonchev–Trinajstić information content (AvgIpc) is 2.78. The van der Waals surface area contributed by atoms with Gasteiger partial charge in [-0.25, -0.2) is 0 Å². The van der Waals surface area contributed by atoms with Gasteiger partial charge in [-0.2, -0.15) is 0 Å². The third kappa shape index (κ3) is 2.14. The molecule has 5 heteroatoms. The zero-order chi connectivity index (χ0) is 11.5. The number of hydrogen-bond acceptors (Lipinski definition) is 4. The quantitative estimate of drug-likeness (QED) is 0.810. The van der Waals surface area contributed by atoms with Crippen molar-refractivity contribution >= 4 is 15.9 Å². The van der Waals surface area contributed by atoms with Gasteiger partial charge in [0.15, 0.2) is 0 Å². The molecular weight excluding hydrogens is 270 g/mol. The SMILES string of the molecule is CCC(Br)c1nnc(-c2ncccc2C)o1. The van der Waals surface area contributed by atoms with Crippen LogP contribution in [-0.2, 0) is 0 Å². The third-order valence-electron chi connectivity index (χ3n) is 2.28. The molecule has 0 radical (unpaired) electrons. The summed E-state index contributed by atoms with van der Waals surface area (Å²) in [4.78, 5) is 4.34. The molecule has 2 aromatic heterocycles. The lowest BCUT2D eigenvalue weighted by atomic mass is 10.2. The molecule has 0 N–H and O–H groups in total. The number of nitrogens with zero attached hydrogens (tertiary/aromatic N) is 3. The van der Waals surface area contributed by atoms with Crippen molar-refractivity contribution in [1.82, 2.24) is 15.2 Å². The van der Waals surface area contributed by atoms with E-state index in [-0.39, 0.29) is 4.83 Å². The van der Waals surface area contributed by atoms with E-state index in [0.717, 1.165) is 17.7 Å². The van der Waals surface area contributed by atoms with Crippen LogP contribution in [-0.4, -0.2) is 15.2 Å². The summed E-state index contributed by atoms with van der Waals surface area (Å²) < 4.78 is 5.57. The molecule has 16 heavy (non-hydrogen) atoms. The van der Waals surface area contributed by atoms with Crippen LogP contribution in [0.5, 0.6) is 0 Å². The Labute approximate surface area is 102 Å². The van der Waals surface area contributed by atoms with Crippen LogP contribution in [0.1, 0.15) is 29.6 Å². The Morgan fingerprint density at radius 1 is 1.44 bits per heavy atom. The van der Waals surface area contributed by atoms with Gasteiger partial charge in [0.2, 0.25) is 5.89 Å². The summed E-state index contributed by atoms with van der Waals surface area (Å²) in [5.41, 5.74) is 1.78. The summed E-state index contributed by atoms with van der Waals surface area (Å²) in [6.07, 6.45) is 2.63. The van der Waals surface area contributed by atoms with Crippen molar-refractivity contribution in [3.63, 3.8) is 0 Å². The zero-order valence-corrected chi connectivity index (χ0v) is 10.7. The lowest BCUT2D eigenvalue weighted by Crippen LogP contribution is -1.86. The second kappa shape index (κ2) is 4.74. The summed E-state index contributed by atoms with van der Waals surface area (Å²) in [6, 6.07) is 3.85. The van der Waals surface area contributed by atoms with Crippen molar-refractivity contribution < 1.29 is 4.42 Å². The molecule has 0 bridgehead atoms. The van der Waals surface area contributed by atoms with E-state index in [1.165, 1.54) is 0 Å². The highest BCUT2D eigenvalue weighted by atomic mass is 79.9. The Morgan fingerprint density at radius 3 is 2.94 bits per heavy atom. The minimum absolute atomic E-state index is 0.109. The molecule has 0 aromatic carbocycles. The minimum Gasteiger partial charge on any atom is -0.418 e. The van der Waals surface area contributed by atoms with Crippen LogP contribution in [0.25, 0.3) is 11.6 Å². The third-order valence-corrected chi connectivity index (χ3v) is 3.32. The molecular formula is C11H12BrN3O. The highest BCUT2D eigenvalue weighted by Crippen LogP contribution is 2.27. The van der Waals surface area contributed by atoms with Gasteiger partial charge in [-0.15, -0.1) is 10.2 Å². The molecule has 4 nitrogen and oxygen atoms in total. The molecule has 0 saturated heterocycles. The standard InChI is InChI=1S/C11H12BrN3O/c1-3-8(12)10-14-15-11(16-10)9-7(2)5-4-6-13-9/h4-6,8H,3H2,1-2H3. The zero-order valence-electron chi connectivity index (χ0n) is 9.14. The van der Waals surface area contributed by atoms with E-state index in [4.69, 9.17) is 4.42 Å². The average molecular weight is 282 g/mol. The Bertz CT molecular complexity index is 484. The number of pyridine rings is 1. The topological polar surface area (TPSA) is 51.8 Å². The summed E-state index contributed by atoms with van der Waals surface area (Å²) in [6.45, 7) is 4.02. The fourth-order valence-electron chi connectivity index (χ4n) is 1.34. The van der Waals surface area contributed by atoms with Crippen molar-refractivity contribution in [1.29, 1.82) is 0 Å². The summed E-state index contributed by atoms with van der Waals surface area (Å²) >= 11 is 3.47. The van der Waals surface area contributed by atoms with Gasteiger partial charge in [-0.05, 0) is 25.0 Å². The highest BCUT2D eigenvalue weighted by Gasteiger charge is 2.16. The first-order valence-electron chi connectivity index (χ1n) is 5.11. The molecule has 0 fully saturated rings. The van der Waals surface area contributed by atoms with Crippen LogP contribution in [0.4, 0.5) is 0 Å². The van der Waals surface area contributed by atoms with Gasteiger partial charge in [0.05, 0.1) is 4.83 Å². The van der Waals surface area contributed by atoms with E-state index in [9.17, 15) is 0 Å². The van der Waals surface area contributed by atoms with Crippen LogP contribution in [0.15, 0.2) is 22.7 Å². The fraction of sp³-hybridized carbons (Fsp3) is 0.364. The van der Waals surface area contributed by atoms with Gasteiger partial charge >= 0.3 is 0 Å². The van der Waals surface area contributed by atoms with Gasteiger partial charge in [0.25, 0.3) is 5.89 Å². The molecule has 0 spiro atoms. The molecule has 1 unspecified atom stereocenters. The van der Waals surface area contributed by atoms with E-state index in [1.807, 2.05) is 19.1 Å². The predicted molar refractivity (Wildman–Crippen MR) is 64.2 cm³/mol. The van der Waals surface area contributed by atoms with E-state index < -0.39 is 0 Å². The largest absolute Gasteiger partial charge is 0.418 e. The number of aromatic nitrogens is 3. The van der Waals surface area contributed by atoms with Gasteiger partial charge in [0, 0.05) is 6.20 Å². The number of aryl methyl sites for hydroxylation is 1. The number of halogens is 1. The number of alkyl halides is 1. The maximum absolute atomic E-state index is 5.57. The molecule has 0 aliphatic rings. The Kier molecular flexibility index (Phi) is 3.33. The van der Waals surface area contributed by atoms with E-state index in [0.29, 0.717) is 11.8 Å². The summed E-state index contributed by atoms with van der Waals surface area (Å²) in [7, 11) is 0. The van der Waals surface area contributed by atoms with Crippen LogP contribution >= 0.6 is 15.9 Å². The van der Waals surface area contributed by atoms with E-state index >= 15 is 0 Å². The van der Waals surface area contributed by atoms with Crippen LogP contribution in [0.3, 0.4) is 0 Å². The molecule has 84 valence electrons. The maximum atomic E-state index is 5.57. The lowest BCUT2D eigenvalue weighted by molar-refractivity contribution is 0.498. The Hall–Kier alpha value is -1.23.